The van der Waals surface area contributed by atoms with E-state index in [0.717, 1.165) is 31.4 Å². The zero-order valence-corrected chi connectivity index (χ0v) is 15.6. The largest absolute Gasteiger partial charge is 0.357 e. The monoisotopic (exact) mass is 325 g/mol. The summed E-state index contributed by atoms with van der Waals surface area (Å²) in [4.78, 5) is 9.09. The predicted molar refractivity (Wildman–Crippen MR) is 97.5 cm³/mol. The van der Waals surface area contributed by atoms with Crippen LogP contribution >= 0.6 is 11.8 Å². The van der Waals surface area contributed by atoms with E-state index in [1.165, 1.54) is 0 Å². The molecule has 0 saturated carbocycles. The highest BCUT2D eigenvalue weighted by atomic mass is 32.2. The lowest BCUT2D eigenvalue weighted by atomic mass is 10.2. The van der Waals surface area contributed by atoms with Crippen molar-refractivity contribution in [3.8, 4) is 0 Å². The predicted octanol–water partition coefficient (Wildman–Crippen LogP) is 2.74. The number of aliphatic imine (C=N–C) groups is 1. The van der Waals surface area contributed by atoms with Crippen molar-refractivity contribution in [3.05, 3.63) is 18.2 Å². The first-order valence-corrected chi connectivity index (χ1v) is 9.17. The van der Waals surface area contributed by atoms with Crippen LogP contribution in [0.3, 0.4) is 0 Å². The van der Waals surface area contributed by atoms with Crippen LogP contribution < -0.4 is 10.6 Å². The first-order chi connectivity index (χ1) is 10.4. The van der Waals surface area contributed by atoms with Crippen molar-refractivity contribution in [2.45, 2.75) is 52.5 Å². The third-order valence-electron chi connectivity index (χ3n) is 3.32. The van der Waals surface area contributed by atoms with Crippen LogP contribution in [0, 0.1) is 5.92 Å². The highest BCUT2D eigenvalue weighted by Gasteiger charge is 2.16. The minimum Gasteiger partial charge on any atom is -0.357 e. The van der Waals surface area contributed by atoms with Crippen molar-refractivity contribution in [1.82, 2.24) is 20.2 Å². The van der Waals surface area contributed by atoms with Gasteiger partial charge in [-0.15, -0.1) is 0 Å². The Labute approximate surface area is 139 Å². The van der Waals surface area contributed by atoms with E-state index in [9.17, 15) is 0 Å². The normalized spacial score (nSPS) is 12.8. The molecule has 0 saturated heterocycles. The Morgan fingerprint density at radius 3 is 2.73 bits per heavy atom. The molecule has 126 valence electrons. The molecule has 0 bridgehead atoms. The fraction of sp³-hybridized carbons (Fsp3) is 0.750. The van der Waals surface area contributed by atoms with Crippen molar-refractivity contribution in [3.63, 3.8) is 0 Å². The molecule has 5 nitrogen and oxygen atoms in total. The van der Waals surface area contributed by atoms with Gasteiger partial charge >= 0.3 is 0 Å². The molecule has 1 rings (SSSR count). The molecule has 1 heterocycles. The Kier molecular flexibility index (Phi) is 7.79. The third kappa shape index (κ3) is 6.73. The Morgan fingerprint density at radius 1 is 1.41 bits per heavy atom. The van der Waals surface area contributed by atoms with Crippen LogP contribution in [0.2, 0.25) is 0 Å². The van der Waals surface area contributed by atoms with E-state index in [2.05, 4.69) is 66.1 Å². The average molecular weight is 326 g/mol. The molecule has 0 aliphatic rings. The van der Waals surface area contributed by atoms with Crippen molar-refractivity contribution < 1.29 is 0 Å². The zero-order chi connectivity index (χ0) is 16.6. The number of rotatable bonds is 8. The van der Waals surface area contributed by atoms with E-state index in [-0.39, 0.29) is 4.75 Å². The maximum absolute atomic E-state index is 4.66. The van der Waals surface area contributed by atoms with Crippen LogP contribution in [-0.2, 0) is 13.1 Å². The third-order valence-corrected chi connectivity index (χ3v) is 4.57. The minimum absolute atomic E-state index is 0.187. The van der Waals surface area contributed by atoms with E-state index >= 15 is 0 Å². The summed E-state index contributed by atoms with van der Waals surface area (Å²) >= 11 is 1.85. The molecule has 0 atom stereocenters. The second-order valence-electron chi connectivity index (χ2n) is 6.40. The van der Waals surface area contributed by atoms with Gasteiger partial charge in [-0.05, 0) is 32.9 Å². The van der Waals surface area contributed by atoms with Gasteiger partial charge in [0.2, 0.25) is 0 Å². The van der Waals surface area contributed by atoms with Gasteiger partial charge in [-0.25, -0.2) is 9.98 Å². The standard InChI is InChI=1S/C16H31N5S/c1-7-17-15(20-12-16(4,5)22-6)19-10-14-18-8-9-21(14)11-13(2)3/h8-9,13H,7,10-12H2,1-6H3,(H2,17,19,20). The molecule has 0 aromatic carbocycles. The van der Waals surface area contributed by atoms with Crippen LogP contribution in [0.5, 0.6) is 0 Å². The number of thioether (sulfide) groups is 1. The van der Waals surface area contributed by atoms with E-state index < -0.39 is 0 Å². The van der Waals surface area contributed by atoms with E-state index in [1.54, 1.807) is 0 Å². The summed E-state index contributed by atoms with van der Waals surface area (Å²) in [5.41, 5.74) is 0. The van der Waals surface area contributed by atoms with E-state index in [0.29, 0.717) is 12.5 Å². The first-order valence-electron chi connectivity index (χ1n) is 7.95. The SMILES string of the molecule is CCNC(=NCc1nccn1CC(C)C)NCC(C)(C)SC. The zero-order valence-electron chi connectivity index (χ0n) is 14.8. The number of nitrogens with one attached hydrogen (secondary N) is 2. The number of hydrogen-bond donors (Lipinski definition) is 2. The second kappa shape index (κ2) is 9.08. The number of imidazole rings is 1. The smallest absolute Gasteiger partial charge is 0.191 e. The first kappa shape index (κ1) is 18.9. The fourth-order valence-electron chi connectivity index (χ4n) is 1.91. The van der Waals surface area contributed by atoms with Crippen molar-refractivity contribution >= 4 is 17.7 Å². The molecule has 0 spiro atoms. The van der Waals surface area contributed by atoms with E-state index in [1.807, 2.05) is 24.2 Å². The van der Waals surface area contributed by atoms with Crippen LogP contribution in [0.25, 0.3) is 0 Å². The summed E-state index contributed by atoms with van der Waals surface area (Å²) in [7, 11) is 0. The summed E-state index contributed by atoms with van der Waals surface area (Å²) in [5.74, 6) is 2.46. The number of aromatic nitrogens is 2. The second-order valence-corrected chi connectivity index (χ2v) is 7.92. The summed E-state index contributed by atoms with van der Waals surface area (Å²) in [5, 5.41) is 6.71. The Hall–Kier alpha value is -1.17. The highest BCUT2D eigenvalue weighted by molar-refractivity contribution is 7.99. The van der Waals surface area contributed by atoms with Gasteiger partial charge in [-0.2, -0.15) is 11.8 Å². The Balaban J connectivity index is 2.68. The summed E-state index contributed by atoms with van der Waals surface area (Å²) in [6.45, 7) is 14.3. The van der Waals surface area contributed by atoms with E-state index in [4.69, 9.17) is 0 Å². The molecular formula is C16H31N5S. The van der Waals surface area contributed by atoms with Crippen LogP contribution in [0.1, 0.15) is 40.4 Å². The Morgan fingerprint density at radius 2 is 2.14 bits per heavy atom. The lowest BCUT2D eigenvalue weighted by molar-refractivity contribution is 0.507. The van der Waals surface area contributed by atoms with Crippen molar-refractivity contribution in [2.24, 2.45) is 10.9 Å². The highest BCUT2D eigenvalue weighted by Crippen LogP contribution is 2.19. The topological polar surface area (TPSA) is 54.2 Å². The summed E-state index contributed by atoms with van der Waals surface area (Å²) in [6, 6.07) is 0. The van der Waals surface area contributed by atoms with Gasteiger partial charge in [0.05, 0.1) is 0 Å². The molecule has 0 aliphatic carbocycles. The van der Waals surface area contributed by atoms with Gasteiger partial charge in [0, 0.05) is 36.8 Å². The molecule has 0 amide bonds. The van der Waals surface area contributed by atoms with Crippen LogP contribution in [0.4, 0.5) is 0 Å². The van der Waals surface area contributed by atoms with Gasteiger partial charge < -0.3 is 15.2 Å². The molecule has 0 unspecified atom stereocenters. The molecule has 22 heavy (non-hydrogen) atoms. The Bertz CT molecular complexity index is 465. The number of hydrogen-bond acceptors (Lipinski definition) is 3. The molecule has 1 aromatic rings. The van der Waals surface area contributed by atoms with Gasteiger partial charge in [0.25, 0.3) is 0 Å². The average Bonchev–Trinajstić information content (AvgIpc) is 2.88. The van der Waals surface area contributed by atoms with Crippen molar-refractivity contribution in [2.75, 3.05) is 19.3 Å². The van der Waals surface area contributed by atoms with Gasteiger partial charge in [0.15, 0.2) is 5.96 Å². The minimum atomic E-state index is 0.187. The van der Waals surface area contributed by atoms with Crippen LogP contribution in [-0.4, -0.2) is 39.6 Å². The quantitative estimate of drug-likeness (QED) is 0.570. The van der Waals surface area contributed by atoms with Crippen molar-refractivity contribution in [1.29, 1.82) is 0 Å². The molecule has 0 aliphatic heterocycles. The summed E-state index contributed by atoms with van der Waals surface area (Å²) < 4.78 is 2.37. The van der Waals surface area contributed by atoms with Gasteiger partial charge in [-0.3, -0.25) is 0 Å². The number of nitrogens with zero attached hydrogens (tertiary/aromatic N) is 3. The molecule has 0 fully saturated rings. The maximum atomic E-state index is 4.66. The fourth-order valence-corrected chi connectivity index (χ4v) is 2.13. The molecule has 2 N–H and O–H groups in total. The summed E-state index contributed by atoms with van der Waals surface area (Å²) in [6.07, 6.45) is 6.01. The van der Waals surface area contributed by atoms with Crippen LogP contribution in [0.15, 0.2) is 17.4 Å². The maximum Gasteiger partial charge on any atom is 0.191 e. The lowest BCUT2D eigenvalue weighted by Crippen LogP contribution is -2.43. The molecular weight excluding hydrogens is 294 g/mol. The van der Waals surface area contributed by atoms with Gasteiger partial charge in [-0.1, -0.05) is 13.8 Å². The lowest BCUT2D eigenvalue weighted by Gasteiger charge is -2.23. The number of guanidine groups is 1. The van der Waals surface area contributed by atoms with Gasteiger partial charge in [0.1, 0.15) is 12.4 Å². The molecule has 1 aromatic heterocycles. The molecule has 0 radical (unpaired) electrons. The molecule has 6 heteroatoms.